The molecule has 26 heavy (non-hydrogen) atoms. The van der Waals surface area contributed by atoms with Crippen molar-refractivity contribution in [3.05, 3.63) is 75.3 Å². The molecule has 1 atom stereocenters. The molecule has 0 saturated carbocycles. The fourth-order valence-corrected chi connectivity index (χ4v) is 3.31. The van der Waals surface area contributed by atoms with Gasteiger partial charge in [-0.1, -0.05) is 59.6 Å². The molecule has 0 bridgehead atoms. The van der Waals surface area contributed by atoms with Crippen LogP contribution in [0.4, 0.5) is 4.79 Å². The molecule has 3 rings (SSSR count). The minimum absolute atomic E-state index is 0.208. The van der Waals surface area contributed by atoms with E-state index in [2.05, 4.69) is 10.6 Å². The van der Waals surface area contributed by atoms with Crippen LogP contribution in [0.2, 0.25) is 10.0 Å². The van der Waals surface area contributed by atoms with Crippen LogP contribution >= 0.6 is 23.2 Å². The molecule has 1 unspecified atom stereocenters. The smallest absolute Gasteiger partial charge is 0.338 e. The summed E-state index contributed by atoms with van der Waals surface area (Å²) in [6, 6.07) is 12.8. The molecule has 0 aromatic heterocycles. The van der Waals surface area contributed by atoms with Crippen molar-refractivity contribution >= 4 is 40.9 Å². The lowest BCUT2D eigenvalue weighted by Crippen LogP contribution is -2.45. The van der Waals surface area contributed by atoms with Crippen molar-refractivity contribution in [3.8, 4) is 0 Å². The minimum atomic E-state index is -0.761. The van der Waals surface area contributed by atoms with E-state index in [4.69, 9.17) is 27.9 Å². The Morgan fingerprint density at radius 1 is 1.15 bits per heavy atom. The lowest BCUT2D eigenvalue weighted by molar-refractivity contribution is -0.138. The van der Waals surface area contributed by atoms with Gasteiger partial charge >= 0.3 is 12.0 Å². The number of esters is 1. The Kier molecular flexibility index (Phi) is 5.49. The molecule has 1 aliphatic heterocycles. The van der Waals surface area contributed by atoms with Crippen molar-refractivity contribution in [1.29, 1.82) is 0 Å². The van der Waals surface area contributed by atoms with E-state index >= 15 is 0 Å². The van der Waals surface area contributed by atoms with Gasteiger partial charge < -0.3 is 15.4 Å². The van der Waals surface area contributed by atoms with Gasteiger partial charge in [-0.25, -0.2) is 9.59 Å². The molecule has 2 aromatic carbocycles. The summed E-state index contributed by atoms with van der Waals surface area (Å²) in [5.41, 5.74) is 1.92. The van der Waals surface area contributed by atoms with Gasteiger partial charge in [0.25, 0.3) is 0 Å². The Morgan fingerprint density at radius 2 is 1.88 bits per heavy atom. The van der Waals surface area contributed by atoms with E-state index in [1.54, 1.807) is 37.3 Å². The molecule has 5 nitrogen and oxygen atoms in total. The first-order valence-electron chi connectivity index (χ1n) is 8.00. The Bertz CT molecular complexity index is 882. The molecule has 0 radical (unpaired) electrons. The van der Waals surface area contributed by atoms with Crippen molar-refractivity contribution in [2.45, 2.75) is 13.0 Å². The monoisotopic (exact) mass is 390 g/mol. The quantitative estimate of drug-likeness (QED) is 0.763. The highest BCUT2D eigenvalue weighted by atomic mass is 35.5. The molecule has 2 amide bonds. The number of urea groups is 1. The molecular weight excluding hydrogens is 375 g/mol. The van der Waals surface area contributed by atoms with E-state index in [1.807, 2.05) is 18.2 Å². The van der Waals surface area contributed by atoms with Gasteiger partial charge in [-0.3, -0.25) is 0 Å². The predicted octanol–water partition coefficient (Wildman–Crippen LogP) is 4.32. The van der Waals surface area contributed by atoms with Crippen LogP contribution in [-0.4, -0.2) is 18.6 Å². The van der Waals surface area contributed by atoms with Gasteiger partial charge in [0.15, 0.2) is 0 Å². The third-order valence-electron chi connectivity index (χ3n) is 3.90. The van der Waals surface area contributed by atoms with Gasteiger partial charge in [-0.2, -0.15) is 0 Å². The summed E-state index contributed by atoms with van der Waals surface area (Å²) < 4.78 is 5.23. The maximum Gasteiger partial charge on any atom is 0.338 e. The van der Waals surface area contributed by atoms with Crippen LogP contribution in [0.1, 0.15) is 24.1 Å². The average molecular weight is 391 g/mol. The van der Waals surface area contributed by atoms with Crippen molar-refractivity contribution in [3.63, 3.8) is 0 Å². The number of carbonyl (C=O) groups excluding carboxylic acids is 2. The molecule has 2 N–H and O–H groups in total. The van der Waals surface area contributed by atoms with E-state index in [0.29, 0.717) is 26.9 Å². The number of hydrogen-bond donors (Lipinski definition) is 2. The summed E-state index contributed by atoms with van der Waals surface area (Å²) in [5, 5.41) is 6.27. The van der Waals surface area contributed by atoms with Gasteiger partial charge in [0.1, 0.15) is 0 Å². The zero-order valence-electron chi connectivity index (χ0n) is 13.9. The molecule has 0 spiro atoms. The van der Waals surface area contributed by atoms with Gasteiger partial charge in [-0.15, -0.1) is 0 Å². The maximum atomic E-state index is 12.7. The number of carbonyl (C=O) groups is 2. The van der Waals surface area contributed by atoms with Crippen LogP contribution in [0.3, 0.4) is 0 Å². The van der Waals surface area contributed by atoms with E-state index < -0.39 is 18.0 Å². The fourth-order valence-electron chi connectivity index (χ4n) is 2.79. The molecular formula is C19H16Cl2N2O3. The summed E-state index contributed by atoms with van der Waals surface area (Å²) in [5.74, 6) is -0.533. The first kappa shape index (κ1) is 18.3. The molecule has 1 heterocycles. The summed E-state index contributed by atoms with van der Waals surface area (Å²) in [6.07, 6.45) is 0. The van der Waals surface area contributed by atoms with E-state index in [-0.39, 0.29) is 12.2 Å². The summed E-state index contributed by atoms with van der Waals surface area (Å²) in [6.45, 7) is 1.93. The van der Waals surface area contributed by atoms with Gasteiger partial charge in [-0.05, 0) is 30.2 Å². The minimum Gasteiger partial charge on any atom is -0.463 e. The number of rotatable bonds is 4. The average Bonchev–Trinajstić information content (AvgIpc) is 2.62. The van der Waals surface area contributed by atoms with E-state index in [1.165, 1.54) is 0 Å². The Balaban J connectivity index is 2.20. The lowest BCUT2D eigenvalue weighted by atomic mass is 9.92. The van der Waals surface area contributed by atoms with Crippen LogP contribution in [0.15, 0.2) is 54.1 Å². The van der Waals surface area contributed by atoms with Gasteiger partial charge in [0.05, 0.1) is 23.9 Å². The second-order valence-corrected chi connectivity index (χ2v) is 6.42. The molecule has 1 aliphatic rings. The van der Waals surface area contributed by atoms with Gasteiger partial charge in [0, 0.05) is 10.0 Å². The number of halogens is 2. The number of hydrogen-bond acceptors (Lipinski definition) is 3. The van der Waals surface area contributed by atoms with Crippen LogP contribution in [0.5, 0.6) is 0 Å². The molecule has 0 fully saturated rings. The highest BCUT2D eigenvalue weighted by molar-refractivity contribution is 6.35. The van der Waals surface area contributed by atoms with Crippen molar-refractivity contribution in [2.75, 3.05) is 6.61 Å². The molecule has 0 saturated heterocycles. The van der Waals surface area contributed by atoms with Crippen LogP contribution in [0.25, 0.3) is 5.70 Å². The fraction of sp³-hybridized carbons (Fsp3) is 0.158. The molecule has 2 aromatic rings. The SMILES string of the molecule is CCOC(=O)C1=C(c2ccccc2)NC(=O)NC1c1ccc(Cl)cc1Cl. The van der Waals surface area contributed by atoms with Crippen LogP contribution < -0.4 is 10.6 Å². The molecule has 134 valence electrons. The lowest BCUT2D eigenvalue weighted by Gasteiger charge is -2.30. The Labute approximate surface area is 160 Å². The highest BCUT2D eigenvalue weighted by Crippen LogP contribution is 2.36. The zero-order chi connectivity index (χ0) is 18.7. The number of amides is 2. The second kappa shape index (κ2) is 7.81. The number of ether oxygens (including phenoxy) is 1. The summed E-state index contributed by atoms with van der Waals surface area (Å²) in [4.78, 5) is 25.0. The van der Waals surface area contributed by atoms with Crippen LogP contribution in [-0.2, 0) is 9.53 Å². The third kappa shape index (κ3) is 3.69. The standard InChI is InChI=1S/C19H16Cl2N2O3/c1-2-26-18(24)15-16(11-6-4-3-5-7-11)22-19(25)23-17(15)13-9-8-12(20)10-14(13)21/h3-10,17H,2H2,1H3,(H2,22,23,25). The Morgan fingerprint density at radius 3 is 2.54 bits per heavy atom. The first-order valence-corrected chi connectivity index (χ1v) is 8.76. The zero-order valence-corrected chi connectivity index (χ0v) is 15.4. The largest absolute Gasteiger partial charge is 0.463 e. The van der Waals surface area contributed by atoms with Crippen LogP contribution in [0, 0.1) is 0 Å². The van der Waals surface area contributed by atoms with E-state index in [0.717, 1.165) is 0 Å². The highest BCUT2D eigenvalue weighted by Gasteiger charge is 2.35. The number of benzene rings is 2. The van der Waals surface area contributed by atoms with Crippen molar-refractivity contribution in [2.24, 2.45) is 0 Å². The van der Waals surface area contributed by atoms with Gasteiger partial charge in [0.2, 0.25) is 0 Å². The Hall–Kier alpha value is -2.50. The first-order chi connectivity index (χ1) is 12.5. The third-order valence-corrected chi connectivity index (χ3v) is 4.47. The second-order valence-electron chi connectivity index (χ2n) is 5.57. The number of nitrogens with one attached hydrogen (secondary N) is 2. The summed E-state index contributed by atoms with van der Waals surface area (Å²) >= 11 is 12.3. The van der Waals surface area contributed by atoms with Crippen molar-refractivity contribution < 1.29 is 14.3 Å². The molecule has 0 aliphatic carbocycles. The predicted molar refractivity (Wildman–Crippen MR) is 101 cm³/mol. The normalized spacial score (nSPS) is 16.7. The molecule has 7 heteroatoms. The van der Waals surface area contributed by atoms with E-state index in [9.17, 15) is 9.59 Å². The topological polar surface area (TPSA) is 67.4 Å². The summed E-state index contributed by atoms with van der Waals surface area (Å²) in [7, 11) is 0. The maximum absolute atomic E-state index is 12.7. The van der Waals surface area contributed by atoms with Crippen molar-refractivity contribution in [1.82, 2.24) is 10.6 Å².